The van der Waals surface area contributed by atoms with Gasteiger partial charge >= 0.3 is 12.1 Å². The van der Waals surface area contributed by atoms with E-state index >= 15 is 0 Å². The Labute approximate surface area is 202 Å². The molecule has 0 rings (SSSR count). The van der Waals surface area contributed by atoms with Crippen LogP contribution < -0.4 is 0 Å². The second-order valence-electron chi connectivity index (χ2n) is 8.80. The minimum atomic E-state index is -0.651. The van der Waals surface area contributed by atoms with Crippen LogP contribution >= 0.6 is 0 Å². The fourth-order valence-electron chi connectivity index (χ4n) is 3.22. The number of carbonyl (C=O) groups excluding carboxylic acids is 2. The van der Waals surface area contributed by atoms with E-state index in [4.69, 9.17) is 14.2 Å². The first kappa shape index (κ1) is 31.0. The highest BCUT2D eigenvalue weighted by molar-refractivity contribution is 5.69. The number of carbonyl (C=O) groups is 2. The highest BCUT2D eigenvalue weighted by atomic mass is 16.7. The fraction of sp³-hybridized carbons (Fsp3) is 0.714. The zero-order valence-corrected chi connectivity index (χ0v) is 21.8. The highest BCUT2D eigenvalue weighted by Gasteiger charge is 2.17. The number of unbranched alkanes of at least 4 members (excludes halogenated alkanes) is 4. The van der Waals surface area contributed by atoms with Crippen LogP contribution in [0.25, 0.3) is 0 Å². The van der Waals surface area contributed by atoms with E-state index in [9.17, 15) is 9.59 Å². The molecule has 0 fully saturated rings. The lowest BCUT2D eigenvalue weighted by Gasteiger charge is -2.17. The van der Waals surface area contributed by atoms with E-state index < -0.39 is 6.16 Å². The summed E-state index contributed by atoms with van der Waals surface area (Å²) in [5, 5.41) is 0. The number of ether oxygens (including phenoxy) is 3. The molecule has 0 aromatic heterocycles. The second-order valence-corrected chi connectivity index (χ2v) is 8.80. The standard InChI is InChI=1S/C28H48O5/c1-6-8-10-12-13-18-26(33-28(30)32-22-14-11-9-7-2)19-20-27(29)31-23-21-25(5)17-15-16-24(3)4/h9,11,16,21,26H,6-8,10,12-15,17-20,22-23H2,1-5H3. The monoisotopic (exact) mass is 464 g/mol. The molecule has 1 unspecified atom stereocenters. The lowest BCUT2D eigenvalue weighted by atomic mass is 10.0. The highest BCUT2D eigenvalue weighted by Crippen LogP contribution is 2.15. The molecule has 0 aromatic carbocycles. The zero-order chi connectivity index (χ0) is 24.7. The Bertz CT molecular complexity index is 599. The van der Waals surface area contributed by atoms with E-state index in [1.165, 1.54) is 30.4 Å². The van der Waals surface area contributed by atoms with Crippen molar-refractivity contribution in [3.8, 4) is 0 Å². The Morgan fingerprint density at radius 3 is 2.27 bits per heavy atom. The lowest BCUT2D eigenvalue weighted by Crippen LogP contribution is -2.21. The van der Waals surface area contributed by atoms with Gasteiger partial charge in [0, 0.05) is 6.42 Å². The molecule has 190 valence electrons. The van der Waals surface area contributed by atoms with Gasteiger partial charge in [-0.05, 0) is 71.8 Å². The maximum Gasteiger partial charge on any atom is 0.508 e. The Morgan fingerprint density at radius 2 is 1.58 bits per heavy atom. The predicted molar refractivity (Wildman–Crippen MR) is 136 cm³/mol. The van der Waals surface area contributed by atoms with Crippen LogP contribution in [-0.4, -0.2) is 31.4 Å². The SMILES string of the molecule is CCC=CCCOC(=O)OC(CCCCCCC)CCC(=O)OCC=C(C)CCC=C(C)C. The van der Waals surface area contributed by atoms with Crippen LogP contribution in [0.5, 0.6) is 0 Å². The van der Waals surface area contributed by atoms with Gasteiger partial charge in [-0.15, -0.1) is 0 Å². The van der Waals surface area contributed by atoms with E-state index in [1.807, 2.05) is 18.2 Å². The van der Waals surface area contributed by atoms with Gasteiger partial charge in [-0.2, -0.15) is 0 Å². The van der Waals surface area contributed by atoms with Crippen molar-refractivity contribution in [3.05, 3.63) is 35.5 Å². The summed E-state index contributed by atoms with van der Waals surface area (Å²) in [6.45, 7) is 11.1. The van der Waals surface area contributed by atoms with E-state index in [0.29, 0.717) is 19.4 Å². The van der Waals surface area contributed by atoms with Gasteiger partial charge in [-0.25, -0.2) is 4.79 Å². The Balaban J connectivity index is 4.40. The van der Waals surface area contributed by atoms with Crippen molar-refractivity contribution in [2.45, 2.75) is 118 Å². The van der Waals surface area contributed by atoms with Gasteiger partial charge in [0.05, 0.1) is 6.61 Å². The molecule has 0 aliphatic carbocycles. The molecule has 0 aromatic rings. The molecule has 0 aliphatic rings. The summed E-state index contributed by atoms with van der Waals surface area (Å²) in [4.78, 5) is 24.2. The minimum Gasteiger partial charge on any atom is -0.461 e. The van der Waals surface area contributed by atoms with E-state index in [1.54, 1.807) is 0 Å². The fourth-order valence-corrected chi connectivity index (χ4v) is 3.22. The van der Waals surface area contributed by atoms with Gasteiger partial charge in [0.15, 0.2) is 0 Å². The van der Waals surface area contributed by atoms with Crippen LogP contribution in [0.15, 0.2) is 35.5 Å². The molecule has 0 heterocycles. The van der Waals surface area contributed by atoms with E-state index in [-0.39, 0.29) is 25.1 Å². The summed E-state index contributed by atoms with van der Waals surface area (Å²) in [7, 11) is 0. The average molecular weight is 465 g/mol. The summed E-state index contributed by atoms with van der Waals surface area (Å²) >= 11 is 0. The van der Waals surface area contributed by atoms with Crippen molar-refractivity contribution in [3.63, 3.8) is 0 Å². The molecule has 0 spiro atoms. The van der Waals surface area contributed by atoms with Crippen LogP contribution in [0.3, 0.4) is 0 Å². The summed E-state index contributed by atoms with van der Waals surface area (Å²) in [5.74, 6) is -0.263. The minimum absolute atomic E-state index is 0.233. The Morgan fingerprint density at radius 1 is 0.818 bits per heavy atom. The molecule has 0 saturated carbocycles. The normalized spacial score (nSPS) is 12.5. The topological polar surface area (TPSA) is 61.8 Å². The molecule has 0 radical (unpaired) electrons. The smallest absolute Gasteiger partial charge is 0.461 e. The number of allylic oxidation sites excluding steroid dienone is 4. The van der Waals surface area contributed by atoms with Gasteiger partial charge in [0.25, 0.3) is 0 Å². The molecule has 1 atom stereocenters. The van der Waals surface area contributed by atoms with Gasteiger partial charge in [0.1, 0.15) is 12.7 Å². The van der Waals surface area contributed by atoms with Crippen LogP contribution in [-0.2, 0) is 19.0 Å². The molecular weight excluding hydrogens is 416 g/mol. The van der Waals surface area contributed by atoms with Crippen molar-refractivity contribution in [1.29, 1.82) is 0 Å². The quantitative estimate of drug-likeness (QED) is 0.109. The van der Waals surface area contributed by atoms with Crippen LogP contribution in [0.2, 0.25) is 0 Å². The Kier molecular flexibility index (Phi) is 20.4. The van der Waals surface area contributed by atoms with Crippen LogP contribution in [0.1, 0.15) is 112 Å². The third-order valence-corrected chi connectivity index (χ3v) is 5.24. The summed E-state index contributed by atoms with van der Waals surface area (Å²) in [6, 6.07) is 0. The first-order chi connectivity index (χ1) is 15.9. The maximum absolute atomic E-state index is 12.2. The van der Waals surface area contributed by atoms with Crippen molar-refractivity contribution < 1.29 is 23.8 Å². The average Bonchev–Trinajstić information content (AvgIpc) is 2.76. The van der Waals surface area contributed by atoms with Gasteiger partial charge in [0.2, 0.25) is 0 Å². The summed E-state index contributed by atoms with van der Waals surface area (Å²) in [6.07, 6.45) is 17.9. The maximum atomic E-state index is 12.2. The predicted octanol–water partition coefficient (Wildman–Crippen LogP) is 8.24. The van der Waals surface area contributed by atoms with Crippen molar-refractivity contribution in [2.24, 2.45) is 0 Å². The third-order valence-electron chi connectivity index (χ3n) is 5.24. The summed E-state index contributed by atoms with van der Waals surface area (Å²) in [5.41, 5.74) is 2.53. The molecule has 0 aliphatic heterocycles. The lowest BCUT2D eigenvalue weighted by molar-refractivity contribution is -0.143. The van der Waals surface area contributed by atoms with Gasteiger partial charge < -0.3 is 14.2 Å². The molecule has 5 nitrogen and oxygen atoms in total. The third kappa shape index (κ3) is 21.6. The van der Waals surface area contributed by atoms with E-state index in [2.05, 4.69) is 40.7 Å². The first-order valence-electron chi connectivity index (χ1n) is 12.8. The van der Waals surface area contributed by atoms with Gasteiger partial charge in [-0.3, -0.25) is 4.79 Å². The molecule has 33 heavy (non-hydrogen) atoms. The number of esters is 1. The van der Waals surface area contributed by atoms with Crippen LogP contribution in [0.4, 0.5) is 4.79 Å². The van der Waals surface area contributed by atoms with Crippen molar-refractivity contribution in [1.82, 2.24) is 0 Å². The van der Waals surface area contributed by atoms with Crippen LogP contribution in [0, 0.1) is 0 Å². The Hall–Kier alpha value is -2.04. The van der Waals surface area contributed by atoms with Crippen molar-refractivity contribution >= 4 is 12.1 Å². The number of hydrogen-bond donors (Lipinski definition) is 0. The number of hydrogen-bond acceptors (Lipinski definition) is 5. The van der Waals surface area contributed by atoms with Gasteiger partial charge in [-0.1, -0.05) is 68.9 Å². The largest absolute Gasteiger partial charge is 0.508 e. The first-order valence-corrected chi connectivity index (χ1v) is 12.8. The molecule has 0 amide bonds. The van der Waals surface area contributed by atoms with E-state index in [0.717, 1.165) is 38.5 Å². The number of rotatable bonds is 19. The molecular formula is C28H48O5. The van der Waals surface area contributed by atoms with Crippen molar-refractivity contribution in [2.75, 3.05) is 13.2 Å². The molecule has 5 heteroatoms. The summed E-state index contributed by atoms with van der Waals surface area (Å²) < 4.78 is 16.0. The molecule has 0 N–H and O–H groups in total. The molecule has 0 bridgehead atoms. The second kappa shape index (κ2) is 21.8. The zero-order valence-electron chi connectivity index (χ0n) is 21.8. The molecule has 0 saturated heterocycles.